The van der Waals surface area contributed by atoms with Crippen LogP contribution in [-0.2, 0) is 10.0 Å². The summed E-state index contributed by atoms with van der Waals surface area (Å²) in [6, 6.07) is 8.95. The first-order valence-corrected chi connectivity index (χ1v) is 8.17. The molecule has 0 fully saturated rings. The van der Waals surface area contributed by atoms with Gasteiger partial charge in [0.15, 0.2) is 0 Å². The van der Waals surface area contributed by atoms with Crippen molar-refractivity contribution in [3.63, 3.8) is 0 Å². The zero-order valence-corrected chi connectivity index (χ0v) is 12.0. The second-order valence-corrected chi connectivity index (χ2v) is 6.64. The van der Waals surface area contributed by atoms with E-state index < -0.39 is 21.9 Å². The number of hydrogen-bond donors (Lipinski definition) is 0. The minimum absolute atomic E-state index is 0.265. The van der Waals surface area contributed by atoms with E-state index in [-0.39, 0.29) is 6.42 Å². The third kappa shape index (κ3) is 2.56. The summed E-state index contributed by atoms with van der Waals surface area (Å²) in [6.45, 7) is 0. The van der Waals surface area contributed by atoms with E-state index in [0.29, 0.717) is 17.0 Å². The van der Waals surface area contributed by atoms with Gasteiger partial charge in [-0.25, -0.2) is 12.8 Å². The number of sulfonamides is 1. The van der Waals surface area contributed by atoms with Gasteiger partial charge >= 0.3 is 0 Å². The van der Waals surface area contributed by atoms with E-state index in [1.807, 2.05) is 0 Å². The Balaban J connectivity index is 2.04. The van der Waals surface area contributed by atoms with Crippen LogP contribution in [0.2, 0.25) is 0 Å². The molecule has 0 N–H and O–H groups in total. The lowest BCUT2D eigenvalue weighted by Gasteiger charge is -2.18. The molecule has 1 aliphatic rings. The van der Waals surface area contributed by atoms with Crippen LogP contribution in [0.4, 0.5) is 4.39 Å². The summed E-state index contributed by atoms with van der Waals surface area (Å²) in [6.07, 6.45) is 2.80. The molecule has 0 saturated heterocycles. The minimum Gasteiger partial charge on any atom is -0.467 e. The third-order valence-electron chi connectivity index (χ3n) is 3.27. The van der Waals surface area contributed by atoms with Crippen molar-refractivity contribution in [3.05, 3.63) is 59.8 Å². The lowest BCUT2D eigenvalue weighted by Crippen LogP contribution is -2.25. The second-order valence-electron chi connectivity index (χ2n) is 4.80. The molecule has 1 aromatic carbocycles. The molecule has 21 heavy (non-hydrogen) atoms. The summed E-state index contributed by atoms with van der Waals surface area (Å²) in [4.78, 5) is 0. The molecule has 1 atom stereocenters. The Morgan fingerprint density at radius 3 is 2.67 bits per heavy atom. The Hall–Kier alpha value is -2.15. The molecule has 0 aliphatic carbocycles. The summed E-state index contributed by atoms with van der Waals surface area (Å²) in [5.74, 6) is 0.0558. The smallest absolute Gasteiger partial charge is 0.247 e. The molecular formula is C14H13FN2O3S. The van der Waals surface area contributed by atoms with Crippen LogP contribution in [0.1, 0.15) is 23.8 Å². The van der Waals surface area contributed by atoms with Crippen LogP contribution in [0, 0.1) is 5.82 Å². The van der Waals surface area contributed by atoms with E-state index in [0.717, 1.165) is 10.7 Å². The van der Waals surface area contributed by atoms with Gasteiger partial charge in [0.1, 0.15) is 17.6 Å². The largest absolute Gasteiger partial charge is 0.467 e. The summed E-state index contributed by atoms with van der Waals surface area (Å²) < 4.78 is 43.9. The molecule has 0 saturated carbocycles. The fraction of sp³-hybridized carbons (Fsp3) is 0.214. The molecule has 110 valence electrons. The summed E-state index contributed by atoms with van der Waals surface area (Å²) in [5, 5.41) is 4.09. The van der Waals surface area contributed by atoms with Crippen LogP contribution in [0.15, 0.2) is 52.2 Å². The van der Waals surface area contributed by atoms with E-state index in [2.05, 4.69) is 5.10 Å². The van der Waals surface area contributed by atoms with Crippen molar-refractivity contribution in [1.82, 2.24) is 4.41 Å². The van der Waals surface area contributed by atoms with E-state index in [1.54, 1.807) is 30.3 Å². The molecule has 0 bridgehead atoms. The first kappa shape index (κ1) is 13.8. The first-order valence-electron chi connectivity index (χ1n) is 6.32. The van der Waals surface area contributed by atoms with Crippen molar-refractivity contribution in [3.8, 4) is 0 Å². The number of rotatable bonds is 3. The van der Waals surface area contributed by atoms with Gasteiger partial charge in [-0.15, -0.1) is 0 Å². The van der Waals surface area contributed by atoms with Crippen LogP contribution in [-0.4, -0.2) is 24.8 Å². The maximum atomic E-state index is 13.9. The van der Waals surface area contributed by atoms with Crippen LogP contribution in [0.5, 0.6) is 0 Å². The first-order chi connectivity index (χ1) is 9.97. The maximum Gasteiger partial charge on any atom is 0.247 e. The summed E-state index contributed by atoms with van der Waals surface area (Å²) in [7, 11) is -3.57. The Kier molecular flexibility index (Phi) is 3.29. The molecule has 5 nitrogen and oxygen atoms in total. The molecule has 1 aromatic heterocycles. The van der Waals surface area contributed by atoms with Gasteiger partial charge in [0.25, 0.3) is 0 Å². The Bertz CT molecular complexity index is 784. The zero-order chi connectivity index (χ0) is 15.0. The Labute approximate surface area is 121 Å². The molecule has 0 unspecified atom stereocenters. The highest BCUT2D eigenvalue weighted by Gasteiger charge is 2.36. The molecule has 0 spiro atoms. The Morgan fingerprint density at radius 2 is 2.05 bits per heavy atom. The predicted molar refractivity (Wildman–Crippen MR) is 75.7 cm³/mol. The van der Waals surface area contributed by atoms with Crippen LogP contribution >= 0.6 is 0 Å². The average molecular weight is 308 g/mol. The number of hydrogen-bond acceptors (Lipinski definition) is 4. The van der Waals surface area contributed by atoms with Crippen molar-refractivity contribution in [1.29, 1.82) is 0 Å². The molecule has 2 aromatic rings. The highest BCUT2D eigenvalue weighted by atomic mass is 32.2. The van der Waals surface area contributed by atoms with Crippen LogP contribution in [0.25, 0.3) is 0 Å². The molecule has 7 heteroatoms. The number of hydrazone groups is 1. The number of halogens is 1. The quantitative estimate of drug-likeness (QED) is 0.875. The van der Waals surface area contributed by atoms with Gasteiger partial charge in [0.05, 0.1) is 18.2 Å². The second kappa shape index (κ2) is 5.00. The predicted octanol–water partition coefficient (Wildman–Crippen LogP) is 2.53. The lowest BCUT2D eigenvalue weighted by atomic mass is 10.0. The van der Waals surface area contributed by atoms with Crippen molar-refractivity contribution in [2.75, 3.05) is 6.26 Å². The van der Waals surface area contributed by atoms with E-state index in [1.165, 1.54) is 12.3 Å². The number of benzene rings is 1. The van der Waals surface area contributed by atoms with Crippen molar-refractivity contribution in [2.45, 2.75) is 12.5 Å². The van der Waals surface area contributed by atoms with Gasteiger partial charge in [0.2, 0.25) is 10.0 Å². The van der Waals surface area contributed by atoms with Gasteiger partial charge in [0, 0.05) is 12.0 Å². The van der Waals surface area contributed by atoms with Gasteiger partial charge in [-0.3, -0.25) is 0 Å². The normalized spacial score (nSPS) is 18.9. The van der Waals surface area contributed by atoms with Crippen LogP contribution < -0.4 is 0 Å². The number of nitrogens with zero attached hydrogens (tertiary/aromatic N) is 2. The van der Waals surface area contributed by atoms with Crippen molar-refractivity contribution >= 4 is 15.7 Å². The average Bonchev–Trinajstić information content (AvgIpc) is 3.07. The fourth-order valence-electron chi connectivity index (χ4n) is 2.35. The SMILES string of the molecule is CS(=O)(=O)N1N=C(c2ccccc2F)C[C@H]1c1ccco1. The molecule has 0 amide bonds. The molecule has 3 rings (SSSR count). The molecule has 2 heterocycles. The minimum atomic E-state index is -3.57. The van der Waals surface area contributed by atoms with E-state index >= 15 is 0 Å². The number of furan rings is 1. The van der Waals surface area contributed by atoms with Crippen molar-refractivity contribution in [2.24, 2.45) is 5.10 Å². The zero-order valence-electron chi connectivity index (χ0n) is 11.2. The molecule has 0 radical (unpaired) electrons. The van der Waals surface area contributed by atoms with Gasteiger partial charge in [-0.2, -0.15) is 9.52 Å². The maximum absolute atomic E-state index is 13.9. The Morgan fingerprint density at radius 1 is 1.29 bits per heavy atom. The molecule has 1 aliphatic heterocycles. The summed E-state index contributed by atoms with van der Waals surface area (Å²) in [5.41, 5.74) is 0.695. The van der Waals surface area contributed by atoms with E-state index in [4.69, 9.17) is 4.42 Å². The summed E-state index contributed by atoms with van der Waals surface area (Å²) >= 11 is 0. The third-order valence-corrected chi connectivity index (χ3v) is 4.28. The fourth-order valence-corrected chi connectivity index (χ4v) is 3.23. The van der Waals surface area contributed by atoms with Gasteiger partial charge in [-0.1, -0.05) is 18.2 Å². The van der Waals surface area contributed by atoms with Gasteiger partial charge < -0.3 is 4.42 Å². The van der Waals surface area contributed by atoms with Crippen molar-refractivity contribution < 1.29 is 17.2 Å². The van der Waals surface area contributed by atoms with Crippen LogP contribution in [0.3, 0.4) is 0 Å². The lowest BCUT2D eigenvalue weighted by molar-refractivity contribution is 0.322. The monoisotopic (exact) mass is 308 g/mol. The topological polar surface area (TPSA) is 62.9 Å². The molecular weight excluding hydrogens is 295 g/mol. The highest BCUT2D eigenvalue weighted by Crippen LogP contribution is 2.35. The van der Waals surface area contributed by atoms with Gasteiger partial charge in [-0.05, 0) is 18.2 Å². The van der Waals surface area contributed by atoms with E-state index in [9.17, 15) is 12.8 Å². The highest BCUT2D eigenvalue weighted by molar-refractivity contribution is 7.88. The standard InChI is InChI=1S/C14H13FN2O3S/c1-21(18,19)17-13(14-7-4-8-20-14)9-12(16-17)10-5-2-3-6-11(10)15/h2-8,13H,9H2,1H3/t13-/m0/s1.